The predicted molar refractivity (Wildman–Crippen MR) is 96.0 cm³/mol. The number of halogens is 3. The molecule has 2 heterocycles. The van der Waals surface area contributed by atoms with Crippen LogP contribution in [0.5, 0.6) is 0 Å². The Hall–Kier alpha value is -2.31. The highest BCUT2D eigenvalue weighted by atomic mass is 19.4. The number of hydrogen-bond acceptors (Lipinski definition) is 2. The highest BCUT2D eigenvalue weighted by Crippen LogP contribution is 2.33. The third-order valence-corrected chi connectivity index (χ3v) is 5.25. The summed E-state index contributed by atoms with van der Waals surface area (Å²) in [7, 11) is 0. The predicted octanol–water partition coefficient (Wildman–Crippen LogP) is 4.08. The first-order chi connectivity index (χ1) is 12.8. The maximum atomic E-state index is 13.1. The van der Waals surface area contributed by atoms with Crippen LogP contribution in [0.4, 0.5) is 13.2 Å². The van der Waals surface area contributed by atoms with Crippen LogP contribution in [0.3, 0.4) is 0 Å². The van der Waals surface area contributed by atoms with E-state index in [9.17, 15) is 18.0 Å². The summed E-state index contributed by atoms with van der Waals surface area (Å²) in [6.45, 7) is 3.43. The average molecular weight is 379 g/mol. The molecule has 4 nitrogen and oxygen atoms in total. The first-order valence-corrected chi connectivity index (χ1v) is 9.25. The van der Waals surface area contributed by atoms with Gasteiger partial charge in [-0.05, 0) is 50.2 Å². The molecule has 146 valence electrons. The summed E-state index contributed by atoms with van der Waals surface area (Å²) < 4.78 is 41.2. The van der Waals surface area contributed by atoms with Crippen molar-refractivity contribution in [3.8, 4) is 0 Å². The van der Waals surface area contributed by atoms with Crippen molar-refractivity contribution in [1.82, 2.24) is 14.5 Å². The molecule has 1 saturated heterocycles. The molecule has 1 aromatic carbocycles. The van der Waals surface area contributed by atoms with Crippen LogP contribution < -0.4 is 0 Å². The summed E-state index contributed by atoms with van der Waals surface area (Å²) in [6, 6.07) is 5.76. The molecule has 0 radical (unpaired) electrons. The topological polar surface area (TPSA) is 38.1 Å². The summed E-state index contributed by atoms with van der Waals surface area (Å²) in [4.78, 5) is 18.5. The molecule has 0 spiro atoms. The molecule has 2 aromatic rings. The maximum absolute atomic E-state index is 13.1. The summed E-state index contributed by atoms with van der Waals surface area (Å²) in [5.41, 5.74) is -0.216. The molecule has 0 N–H and O–H groups in total. The largest absolute Gasteiger partial charge is 0.416 e. The number of likely N-dealkylation sites (tertiary alicyclic amines) is 1. The lowest BCUT2D eigenvalue weighted by Crippen LogP contribution is -2.41. The van der Waals surface area contributed by atoms with Crippen LogP contribution in [-0.2, 0) is 23.9 Å². The van der Waals surface area contributed by atoms with E-state index in [-0.39, 0.29) is 18.4 Å². The van der Waals surface area contributed by atoms with Gasteiger partial charge in [-0.15, -0.1) is 0 Å². The zero-order chi connectivity index (χ0) is 19.4. The molecular formula is C20H24F3N3O. The Kier molecular flexibility index (Phi) is 5.87. The van der Waals surface area contributed by atoms with Gasteiger partial charge in [-0.3, -0.25) is 4.79 Å². The second-order valence-electron chi connectivity index (χ2n) is 7.14. The number of aromatic nitrogens is 2. The average Bonchev–Trinajstić information content (AvgIpc) is 3.04. The lowest BCUT2D eigenvalue weighted by Gasteiger charge is -2.33. The van der Waals surface area contributed by atoms with Crippen molar-refractivity contribution < 1.29 is 18.0 Å². The number of imidazole rings is 1. The molecule has 27 heavy (non-hydrogen) atoms. The van der Waals surface area contributed by atoms with Crippen molar-refractivity contribution in [2.24, 2.45) is 5.92 Å². The fourth-order valence-corrected chi connectivity index (χ4v) is 3.72. The molecule has 0 aliphatic carbocycles. The van der Waals surface area contributed by atoms with E-state index in [0.717, 1.165) is 24.7 Å². The van der Waals surface area contributed by atoms with Crippen molar-refractivity contribution >= 4 is 5.91 Å². The quantitative estimate of drug-likeness (QED) is 0.785. The molecule has 1 aromatic heterocycles. The fraction of sp³-hybridized carbons (Fsp3) is 0.500. The molecule has 1 amide bonds. The van der Waals surface area contributed by atoms with Gasteiger partial charge in [-0.1, -0.05) is 18.2 Å². The molecule has 0 saturated carbocycles. The molecule has 1 aliphatic rings. The number of aryl methyl sites for hydroxylation is 2. The van der Waals surface area contributed by atoms with Crippen LogP contribution in [0.1, 0.15) is 36.2 Å². The van der Waals surface area contributed by atoms with Gasteiger partial charge in [-0.25, -0.2) is 4.98 Å². The second-order valence-corrected chi connectivity index (χ2v) is 7.14. The van der Waals surface area contributed by atoms with E-state index in [0.29, 0.717) is 31.5 Å². The lowest BCUT2D eigenvalue weighted by atomic mass is 9.90. The molecular weight excluding hydrogens is 355 g/mol. The molecule has 1 unspecified atom stereocenters. The van der Waals surface area contributed by atoms with Gasteiger partial charge < -0.3 is 9.47 Å². The van der Waals surface area contributed by atoms with Crippen molar-refractivity contribution in [3.63, 3.8) is 0 Å². The van der Waals surface area contributed by atoms with E-state index in [4.69, 9.17) is 0 Å². The van der Waals surface area contributed by atoms with E-state index in [1.807, 2.05) is 16.4 Å². The number of amides is 1. The Balaban J connectivity index is 1.58. The molecule has 3 rings (SSSR count). The Labute approximate surface area is 157 Å². The van der Waals surface area contributed by atoms with Gasteiger partial charge in [0.25, 0.3) is 0 Å². The van der Waals surface area contributed by atoms with Gasteiger partial charge in [0.2, 0.25) is 5.91 Å². The van der Waals surface area contributed by atoms with Gasteiger partial charge in [0.05, 0.1) is 5.56 Å². The molecule has 0 bridgehead atoms. The van der Waals surface area contributed by atoms with Gasteiger partial charge in [0, 0.05) is 25.5 Å². The Morgan fingerprint density at radius 2 is 2.07 bits per heavy atom. The number of nitrogens with zero attached hydrogens (tertiary/aromatic N) is 3. The van der Waals surface area contributed by atoms with Crippen molar-refractivity contribution in [2.75, 3.05) is 13.1 Å². The third kappa shape index (κ3) is 4.90. The normalized spacial score (nSPS) is 17.9. The SMILES string of the molecule is Cc1nccn1CC(=O)N1CCCC(CCc2ccccc2C(F)(F)F)C1. The standard InChI is InChI=1S/C20H24F3N3O/c1-15-24-10-12-25(15)14-19(27)26-11-4-5-16(13-26)8-9-17-6-2-3-7-18(17)20(21,22)23/h2-3,6-7,10,12,16H,4-5,8-9,11,13-14H2,1H3. The minimum atomic E-state index is -4.33. The Morgan fingerprint density at radius 3 is 2.78 bits per heavy atom. The van der Waals surface area contributed by atoms with Crippen LogP contribution in [-0.4, -0.2) is 33.4 Å². The van der Waals surface area contributed by atoms with Gasteiger partial charge in [0.1, 0.15) is 12.4 Å². The first-order valence-electron chi connectivity index (χ1n) is 9.25. The van der Waals surface area contributed by atoms with Gasteiger partial charge in [0.15, 0.2) is 0 Å². The van der Waals surface area contributed by atoms with Gasteiger partial charge >= 0.3 is 6.18 Å². The monoisotopic (exact) mass is 379 g/mol. The summed E-state index contributed by atoms with van der Waals surface area (Å²) in [5.74, 6) is 1.06. The third-order valence-electron chi connectivity index (χ3n) is 5.25. The van der Waals surface area contributed by atoms with E-state index >= 15 is 0 Å². The van der Waals surface area contributed by atoms with Gasteiger partial charge in [-0.2, -0.15) is 13.2 Å². The number of carbonyl (C=O) groups excluding carboxylic acids is 1. The highest BCUT2D eigenvalue weighted by molar-refractivity contribution is 5.76. The molecule has 7 heteroatoms. The summed E-state index contributed by atoms with van der Waals surface area (Å²) in [5, 5.41) is 0. The van der Waals surface area contributed by atoms with Crippen molar-refractivity contribution in [2.45, 2.75) is 45.3 Å². The number of hydrogen-bond donors (Lipinski definition) is 0. The second kappa shape index (κ2) is 8.15. The number of rotatable bonds is 5. The van der Waals surface area contributed by atoms with Crippen LogP contribution in [0.25, 0.3) is 0 Å². The first kappa shape index (κ1) is 19.5. The smallest absolute Gasteiger partial charge is 0.341 e. The van der Waals surface area contributed by atoms with Crippen LogP contribution in [0.2, 0.25) is 0 Å². The number of alkyl halides is 3. The summed E-state index contributed by atoms with van der Waals surface area (Å²) >= 11 is 0. The Morgan fingerprint density at radius 1 is 1.30 bits per heavy atom. The van der Waals surface area contributed by atoms with Crippen molar-refractivity contribution in [1.29, 1.82) is 0 Å². The van der Waals surface area contributed by atoms with E-state index in [1.165, 1.54) is 6.07 Å². The number of carbonyl (C=O) groups is 1. The lowest BCUT2D eigenvalue weighted by molar-refractivity contribution is -0.138. The van der Waals surface area contributed by atoms with Crippen molar-refractivity contribution in [3.05, 3.63) is 53.6 Å². The summed E-state index contributed by atoms with van der Waals surface area (Å²) in [6.07, 6.45) is 1.99. The zero-order valence-electron chi connectivity index (χ0n) is 15.4. The van der Waals surface area contributed by atoms with E-state index < -0.39 is 11.7 Å². The number of benzene rings is 1. The molecule has 1 aliphatic heterocycles. The zero-order valence-corrected chi connectivity index (χ0v) is 15.4. The fourth-order valence-electron chi connectivity index (χ4n) is 3.72. The van der Waals surface area contributed by atoms with Crippen LogP contribution >= 0.6 is 0 Å². The minimum absolute atomic E-state index is 0.0384. The Bertz CT molecular complexity index is 785. The van der Waals surface area contributed by atoms with Crippen LogP contribution in [0, 0.1) is 12.8 Å². The van der Waals surface area contributed by atoms with E-state index in [2.05, 4.69) is 4.98 Å². The minimum Gasteiger partial charge on any atom is -0.341 e. The number of piperidine rings is 1. The van der Waals surface area contributed by atoms with Crippen LogP contribution in [0.15, 0.2) is 36.7 Å². The van der Waals surface area contributed by atoms with E-state index in [1.54, 1.807) is 24.5 Å². The maximum Gasteiger partial charge on any atom is 0.416 e. The highest BCUT2D eigenvalue weighted by Gasteiger charge is 2.33. The molecule has 1 fully saturated rings. The molecule has 1 atom stereocenters.